The van der Waals surface area contributed by atoms with E-state index in [0.29, 0.717) is 36.7 Å². The first-order chi connectivity index (χ1) is 17.6. The molecule has 0 fully saturated rings. The van der Waals surface area contributed by atoms with E-state index in [2.05, 4.69) is 33.1 Å². The van der Waals surface area contributed by atoms with Crippen LogP contribution >= 0.6 is 0 Å². The number of rotatable bonds is 4. The van der Waals surface area contributed by atoms with Crippen LogP contribution in [0.2, 0.25) is 0 Å². The van der Waals surface area contributed by atoms with E-state index in [4.69, 9.17) is 4.98 Å². The molecular formula is C29H25N5O2. The van der Waals surface area contributed by atoms with E-state index in [1.807, 2.05) is 55.5 Å². The van der Waals surface area contributed by atoms with E-state index >= 15 is 0 Å². The van der Waals surface area contributed by atoms with Crippen LogP contribution in [0.5, 0.6) is 0 Å². The standard InChI is InChI=1S/C29H25N5O2/c1-19-11-13-21(14-12-19)31-28(35)26-25-18-33(29(36)24-10-5-15-30-24)16-17-34(25)27(32-26)23-9-4-7-20-6-2-3-8-22(20)23/h2-15,30H,16-18H2,1H3,(H,31,35). The Labute approximate surface area is 208 Å². The Morgan fingerprint density at radius 2 is 1.72 bits per heavy atom. The number of aromatic nitrogens is 3. The van der Waals surface area contributed by atoms with E-state index in [0.717, 1.165) is 33.4 Å². The minimum Gasteiger partial charge on any atom is -0.357 e. The molecule has 0 saturated carbocycles. The van der Waals surface area contributed by atoms with E-state index in [1.54, 1.807) is 23.2 Å². The second-order valence-corrected chi connectivity index (χ2v) is 9.04. The molecule has 2 N–H and O–H groups in total. The second-order valence-electron chi connectivity index (χ2n) is 9.04. The van der Waals surface area contributed by atoms with Gasteiger partial charge in [0, 0.05) is 30.5 Å². The lowest BCUT2D eigenvalue weighted by Crippen LogP contribution is -2.39. The molecule has 0 bridgehead atoms. The third kappa shape index (κ3) is 3.84. The summed E-state index contributed by atoms with van der Waals surface area (Å²) in [6, 6.07) is 25.5. The number of hydrogen-bond donors (Lipinski definition) is 2. The van der Waals surface area contributed by atoms with Crippen molar-refractivity contribution in [3.05, 3.63) is 108 Å². The number of aromatic amines is 1. The Kier molecular flexibility index (Phi) is 5.37. The first-order valence-corrected chi connectivity index (χ1v) is 12.0. The largest absolute Gasteiger partial charge is 0.357 e. The molecule has 3 heterocycles. The number of H-pyrrole nitrogens is 1. The molecule has 2 aromatic heterocycles. The molecule has 7 heteroatoms. The number of anilines is 1. The summed E-state index contributed by atoms with van der Waals surface area (Å²) in [6.07, 6.45) is 1.74. The van der Waals surface area contributed by atoms with Gasteiger partial charge >= 0.3 is 0 Å². The predicted octanol–water partition coefficient (Wildman–Crippen LogP) is 5.25. The van der Waals surface area contributed by atoms with Crippen LogP contribution in [0.15, 0.2) is 85.1 Å². The van der Waals surface area contributed by atoms with Gasteiger partial charge in [0.1, 0.15) is 11.5 Å². The van der Waals surface area contributed by atoms with Crippen molar-refractivity contribution in [2.75, 3.05) is 11.9 Å². The average Bonchev–Trinajstić information content (AvgIpc) is 3.58. The highest BCUT2D eigenvalue weighted by Crippen LogP contribution is 2.32. The van der Waals surface area contributed by atoms with Gasteiger partial charge in [-0.25, -0.2) is 4.98 Å². The van der Waals surface area contributed by atoms with Crippen LogP contribution in [0, 0.1) is 6.92 Å². The summed E-state index contributed by atoms with van der Waals surface area (Å²) in [5, 5.41) is 5.17. The van der Waals surface area contributed by atoms with Crippen molar-refractivity contribution in [3.63, 3.8) is 0 Å². The molecule has 7 nitrogen and oxygen atoms in total. The molecule has 0 radical (unpaired) electrons. The summed E-state index contributed by atoms with van der Waals surface area (Å²) >= 11 is 0. The van der Waals surface area contributed by atoms with Gasteiger partial charge in [-0.3, -0.25) is 9.59 Å². The van der Waals surface area contributed by atoms with Crippen LogP contribution < -0.4 is 5.32 Å². The summed E-state index contributed by atoms with van der Waals surface area (Å²) in [4.78, 5) is 36.2. The number of carbonyl (C=O) groups is 2. The zero-order valence-corrected chi connectivity index (χ0v) is 19.9. The lowest BCUT2D eigenvalue weighted by atomic mass is 10.0. The molecule has 0 spiro atoms. The van der Waals surface area contributed by atoms with Gasteiger partial charge in [-0.2, -0.15) is 0 Å². The maximum Gasteiger partial charge on any atom is 0.276 e. The van der Waals surface area contributed by atoms with Gasteiger partial charge < -0.3 is 19.8 Å². The van der Waals surface area contributed by atoms with E-state index in [9.17, 15) is 9.59 Å². The summed E-state index contributed by atoms with van der Waals surface area (Å²) in [5.74, 6) is 0.357. The third-order valence-electron chi connectivity index (χ3n) is 6.68. The first kappa shape index (κ1) is 21.9. The van der Waals surface area contributed by atoms with Crippen molar-refractivity contribution in [2.24, 2.45) is 0 Å². The van der Waals surface area contributed by atoms with Crippen molar-refractivity contribution < 1.29 is 9.59 Å². The number of hydrogen-bond acceptors (Lipinski definition) is 3. The number of amides is 2. The Hall–Kier alpha value is -4.65. The van der Waals surface area contributed by atoms with Crippen LogP contribution in [-0.4, -0.2) is 37.8 Å². The third-order valence-corrected chi connectivity index (χ3v) is 6.68. The minimum absolute atomic E-state index is 0.0935. The minimum atomic E-state index is -0.289. The maximum absolute atomic E-state index is 13.5. The first-order valence-electron chi connectivity index (χ1n) is 12.0. The van der Waals surface area contributed by atoms with Crippen molar-refractivity contribution in [3.8, 4) is 11.4 Å². The summed E-state index contributed by atoms with van der Waals surface area (Å²) < 4.78 is 2.09. The lowest BCUT2D eigenvalue weighted by molar-refractivity contribution is 0.0704. The number of nitrogens with one attached hydrogen (secondary N) is 2. The molecule has 5 aromatic rings. The summed E-state index contributed by atoms with van der Waals surface area (Å²) in [5.41, 5.74) is 4.38. The molecule has 0 aliphatic carbocycles. The SMILES string of the molecule is Cc1ccc(NC(=O)c2nc(-c3cccc4ccccc34)n3c2CN(C(=O)c2ccc[nH]2)CC3)cc1. The monoisotopic (exact) mass is 475 g/mol. The van der Waals surface area contributed by atoms with Crippen LogP contribution in [0.4, 0.5) is 5.69 Å². The maximum atomic E-state index is 13.5. The Balaban J connectivity index is 1.44. The van der Waals surface area contributed by atoms with Crippen molar-refractivity contribution >= 4 is 28.3 Å². The quantitative estimate of drug-likeness (QED) is 0.373. The topological polar surface area (TPSA) is 83.0 Å². The Bertz CT molecular complexity index is 1580. The van der Waals surface area contributed by atoms with Gasteiger partial charge in [-0.05, 0) is 42.0 Å². The predicted molar refractivity (Wildman–Crippen MR) is 140 cm³/mol. The summed E-state index contributed by atoms with van der Waals surface area (Å²) in [7, 11) is 0. The highest BCUT2D eigenvalue weighted by Gasteiger charge is 2.31. The molecule has 0 saturated heterocycles. The molecule has 2 amide bonds. The molecule has 178 valence electrons. The van der Waals surface area contributed by atoms with Gasteiger partial charge in [0.05, 0.1) is 12.2 Å². The normalized spacial score (nSPS) is 13.0. The number of imidazole rings is 1. The van der Waals surface area contributed by atoms with Crippen molar-refractivity contribution in [1.29, 1.82) is 0 Å². The number of nitrogens with zero attached hydrogens (tertiary/aromatic N) is 3. The second kappa shape index (κ2) is 8.85. The molecule has 0 atom stereocenters. The molecule has 0 unspecified atom stereocenters. The van der Waals surface area contributed by atoms with Crippen LogP contribution in [-0.2, 0) is 13.1 Å². The van der Waals surface area contributed by atoms with E-state index in [1.165, 1.54) is 0 Å². The molecule has 1 aliphatic rings. The zero-order valence-electron chi connectivity index (χ0n) is 19.9. The molecule has 1 aliphatic heterocycles. The number of aryl methyl sites for hydroxylation is 1. The molecule has 36 heavy (non-hydrogen) atoms. The van der Waals surface area contributed by atoms with Crippen molar-refractivity contribution in [1.82, 2.24) is 19.4 Å². The highest BCUT2D eigenvalue weighted by molar-refractivity contribution is 6.05. The fourth-order valence-corrected chi connectivity index (χ4v) is 4.81. The fourth-order valence-electron chi connectivity index (χ4n) is 4.81. The van der Waals surface area contributed by atoms with Crippen LogP contribution in [0.3, 0.4) is 0 Å². The Morgan fingerprint density at radius 3 is 2.53 bits per heavy atom. The van der Waals surface area contributed by atoms with Gasteiger partial charge in [-0.15, -0.1) is 0 Å². The van der Waals surface area contributed by atoms with Crippen LogP contribution in [0.25, 0.3) is 22.2 Å². The zero-order chi connectivity index (χ0) is 24.6. The van der Waals surface area contributed by atoms with E-state index < -0.39 is 0 Å². The van der Waals surface area contributed by atoms with Gasteiger partial charge in [0.15, 0.2) is 5.69 Å². The van der Waals surface area contributed by atoms with E-state index in [-0.39, 0.29) is 11.8 Å². The number of benzene rings is 3. The summed E-state index contributed by atoms with van der Waals surface area (Å²) in [6.45, 7) is 3.37. The molecular weight excluding hydrogens is 450 g/mol. The molecule has 3 aromatic carbocycles. The number of carbonyl (C=O) groups excluding carboxylic acids is 2. The Morgan fingerprint density at radius 1 is 0.917 bits per heavy atom. The van der Waals surface area contributed by atoms with Gasteiger partial charge in [0.2, 0.25) is 0 Å². The van der Waals surface area contributed by atoms with Gasteiger partial charge in [-0.1, -0.05) is 60.2 Å². The fraction of sp³-hybridized carbons (Fsp3) is 0.138. The van der Waals surface area contributed by atoms with Crippen molar-refractivity contribution in [2.45, 2.75) is 20.0 Å². The van der Waals surface area contributed by atoms with Gasteiger partial charge in [0.25, 0.3) is 11.8 Å². The highest BCUT2D eigenvalue weighted by atomic mass is 16.2. The number of fused-ring (bicyclic) bond motifs is 2. The smallest absolute Gasteiger partial charge is 0.276 e. The lowest BCUT2D eigenvalue weighted by Gasteiger charge is -2.29. The molecule has 6 rings (SSSR count). The van der Waals surface area contributed by atoms with Crippen LogP contribution in [0.1, 0.15) is 32.2 Å². The average molecular weight is 476 g/mol.